The molecule has 22 heavy (non-hydrogen) atoms. The number of benzene rings is 1. The predicted molar refractivity (Wildman–Crippen MR) is 88.7 cm³/mol. The number of piperidine rings is 1. The summed E-state index contributed by atoms with van der Waals surface area (Å²) in [6, 6.07) is 7.58. The third-order valence-electron chi connectivity index (χ3n) is 3.80. The van der Waals surface area contributed by atoms with Gasteiger partial charge in [-0.2, -0.15) is 0 Å². The number of nitrogens with one attached hydrogen (secondary N) is 1. The van der Waals surface area contributed by atoms with Crippen LogP contribution in [0.25, 0.3) is 0 Å². The summed E-state index contributed by atoms with van der Waals surface area (Å²) in [4.78, 5) is 18.6. The first-order valence-electron chi connectivity index (χ1n) is 7.38. The minimum atomic E-state index is -0.178. The van der Waals surface area contributed by atoms with E-state index in [1.807, 2.05) is 36.6 Å². The molecule has 1 aromatic carbocycles. The van der Waals surface area contributed by atoms with Gasteiger partial charge in [-0.3, -0.25) is 10.1 Å². The number of aryl methyl sites for hydroxylation is 1. The molecule has 1 aliphatic heterocycles. The molecule has 1 fully saturated rings. The number of anilines is 2. The number of hydrogen-bond donors (Lipinski definition) is 2. The molecule has 0 radical (unpaired) electrons. The van der Waals surface area contributed by atoms with Gasteiger partial charge >= 0.3 is 0 Å². The van der Waals surface area contributed by atoms with Crippen LogP contribution in [0, 0.1) is 6.92 Å². The van der Waals surface area contributed by atoms with Crippen molar-refractivity contribution in [3.8, 4) is 0 Å². The fraction of sp³-hybridized carbons (Fsp3) is 0.375. The van der Waals surface area contributed by atoms with Crippen LogP contribution < -0.4 is 10.2 Å². The number of aliphatic hydroxyl groups is 1. The Bertz CT molecular complexity index is 646. The van der Waals surface area contributed by atoms with Crippen LogP contribution in [-0.4, -0.2) is 35.2 Å². The molecule has 6 heteroatoms. The zero-order valence-electron chi connectivity index (χ0n) is 12.5. The Morgan fingerprint density at radius 3 is 2.59 bits per heavy atom. The van der Waals surface area contributed by atoms with E-state index in [1.165, 1.54) is 11.3 Å². The van der Waals surface area contributed by atoms with E-state index in [0.717, 1.165) is 37.3 Å². The van der Waals surface area contributed by atoms with E-state index in [0.29, 0.717) is 10.7 Å². The summed E-state index contributed by atoms with van der Waals surface area (Å²) < 4.78 is 0. The fourth-order valence-corrected chi connectivity index (χ4v) is 3.21. The molecule has 0 unspecified atom stereocenters. The molecular weight excluding hydrogens is 298 g/mol. The van der Waals surface area contributed by atoms with Gasteiger partial charge < -0.3 is 10.0 Å². The van der Waals surface area contributed by atoms with Crippen molar-refractivity contribution in [2.75, 3.05) is 23.3 Å². The van der Waals surface area contributed by atoms with Crippen molar-refractivity contribution in [3.05, 3.63) is 40.9 Å². The molecule has 1 aromatic heterocycles. The highest BCUT2D eigenvalue weighted by Gasteiger charge is 2.17. The highest BCUT2D eigenvalue weighted by atomic mass is 32.1. The Balaban J connectivity index is 1.64. The van der Waals surface area contributed by atoms with Crippen LogP contribution in [-0.2, 0) is 0 Å². The van der Waals surface area contributed by atoms with Gasteiger partial charge in [0.05, 0.1) is 11.8 Å². The average Bonchev–Trinajstić information content (AvgIpc) is 2.93. The van der Waals surface area contributed by atoms with Crippen molar-refractivity contribution < 1.29 is 9.90 Å². The summed E-state index contributed by atoms with van der Waals surface area (Å²) in [7, 11) is 0. The average molecular weight is 317 g/mol. The van der Waals surface area contributed by atoms with Gasteiger partial charge in [0, 0.05) is 29.7 Å². The topological polar surface area (TPSA) is 65.5 Å². The van der Waals surface area contributed by atoms with Crippen LogP contribution in [0.15, 0.2) is 29.6 Å². The van der Waals surface area contributed by atoms with E-state index in [9.17, 15) is 9.90 Å². The lowest BCUT2D eigenvalue weighted by Gasteiger charge is -2.31. The molecule has 0 aliphatic carbocycles. The molecule has 3 rings (SSSR count). The SMILES string of the molecule is Cc1csc(NC(=O)c2ccc(N3CCC(O)CC3)cc2)n1. The third-order valence-corrected chi connectivity index (χ3v) is 4.67. The second-order valence-electron chi connectivity index (χ2n) is 5.51. The maximum Gasteiger partial charge on any atom is 0.257 e. The Kier molecular flexibility index (Phi) is 4.40. The zero-order chi connectivity index (χ0) is 15.5. The number of carbonyl (C=O) groups is 1. The van der Waals surface area contributed by atoms with Crippen LogP contribution in [0.3, 0.4) is 0 Å². The van der Waals surface area contributed by atoms with Crippen molar-refractivity contribution in [2.24, 2.45) is 0 Å². The van der Waals surface area contributed by atoms with Gasteiger partial charge in [0.15, 0.2) is 5.13 Å². The van der Waals surface area contributed by atoms with E-state index in [-0.39, 0.29) is 12.0 Å². The lowest BCUT2D eigenvalue weighted by atomic mass is 10.1. The lowest BCUT2D eigenvalue weighted by Crippen LogP contribution is -2.35. The van der Waals surface area contributed by atoms with Crippen molar-refractivity contribution in [1.29, 1.82) is 0 Å². The van der Waals surface area contributed by atoms with E-state index in [2.05, 4.69) is 15.2 Å². The largest absolute Gasteiger partial charge is 0.393 e. The van der Waals surface area contributed by atoms with E-state index >= 15 is 0 Å². The number of nitrogens with zero attached hydrogens (tertiary/aromatic N) is 2. The smallest absolute Gasteiger partial charge is 0.257 e. The number of aromatic nitrogens is 1. The van der Waals surface area contributed by atoms with Crippen LogP contribution in [0.2, 0.25) is 0 Å². The lowest BCUT2D eigenvalue weighted by molar-refractivity contribution is 0.102. The summed E-state index contributed by atoms with van der Waals surface area (Å²) in [5.74, 6) is -0.144. The highest BCUT2D eigenvalue weighted by Crippen LogP contribution is 2.21. The van der Waals surface area contributed by atoms with Gasteiger partial charge in [-0.1, -0.05) is 0 Å². The maximum atomic E-state index is 12.2. The fourth-order valence-electron chi connectivity index (χ4n) is 2.53. The quantitative estimate of drug-likeness (QED) is 0.913. The molecule has 1 saturated heterocycles. The van der Waals surface area contributed by atoms with Gasteiger partial charge in [-0.15, -0.1) is 11.3 Å². The minimum absolute atomic E-state index is 0.144. The molecular formula is C16H19N3O2S. The van der Waals surface area contributed by atoms with Gasteiger partial charge in [0.1, 0.15) is 0 Å². The van der Waals surface area contributed by atoms with Gasteiger partial charge in [0.2, 0.25) is 0 Å². The molecule has 2 N–H and O–H groups in total. The summed E-state index contributed by atoms with van der Waals surface area (Å²) in [5, 5.41) is 14.9. The Labute approximate surface area is 133 Å². The van der Waals surface area contributed by atoms with Crippen molar-refractivity contribution in [2.45, 2.75) is 25.9 Å². The molecule has 0 spiro atoms. The van der Waals surface area contributed by atoms with Gasteiger partial charge in [-0.25, -0.2) is 4.98 Å². The van der Waals surface area contributed by atoms with Crippen LogP contribution in [0.1, 0.15) is 28.9 Å². The first-order chi connectivity index (χ1) is 10.6. The molecule has 1 aliphatic rings. The predicted octanol–water partition coefficient (Wildman–Crippen LogP) is 2.66. The Hall–Kier alpha value is -1.92. The normalized spacial score (nSPS) is 15.8. The number of rotatable bonds is 3. The number of amides is 1. The molecule has 1 amide bonds. The Morgan fingerprint density at radius 2 is 2.00 bits per heavy atom. The summed E-state index contributed by atoms with van der Waals surface area (Å²) >= 11 is 1.42. The molecule has 0 saturated carbocycles. The van der Waals surface area contributed by atoms with Gasteiger partial charge in [-0.05, 0) is 44.0 Å². The molecule has 2 heterocycles. The van der Waals surface area contributed by atoms with E-state index < -0.39 is 0 Å². The molecule has 116 valence electrons. The van der Waals surface area contributed by atoms with E-state index in [1.54, 1.807) is 0 Å². The van der Waals surface area contributed by atoms with Gasteiger partial charge in [0.25, 0.3) is 5.91 Å². The summed E-state index contributed by atoms with van der Waals surface area (Å²) in [5.41, 5.74) is 2.62. The van der Waals surface area contributed by atoms with Crippen LogP contribution >= 0.6 is 11.3 Å². The minimum Gasteiger partial charge on any atom is -0.393 e. The first-order valence-corrected chi connectivity index (χ1v) is 8.26. The third kappa shape index (κ3) is 3.45. The molecule has 0 bridgehead atoms. The van der Waals surface area contributed by atoms with Crippen molar-refractivity contribution in [3.63, 3.8) is 0 Å². The van der Waals surface area contributed by atoms with Crippen molar-refractivity contribution >= 4 is 28.1 Å². The second-order valence-corrected chi connectivity index (χ2v) is 6.37. The number of hydrogen-bond acceptors (Lipinski definition) is 5. The number of thiazole rings is 1. The highest BCUT2D eigenvalue weighted by molar-refractivity contribution is 7.13. The monoisotopic (exact) mass is 317 g/mol. The Morgan fingerprint density at radius 1 is 1.32 bits per heavy atom. The van der Waals surface area contributed by atoms with E-state index in [4.69, 9.17) is 0 Å². The zero-order valence-corrected chi connectivity index (χ0v) is 13.3. The summed E-state index contributed by atoms with van der Waals surface area (Å²) in [6.45, 7) is 3.60. The van der Waals surface area contributed by atoms with Crippen molar-refractivity contribution in [1.82, 2.24) is 4.98 Å². The van der Waals surface area contributed by atoms with Crippen LogP contribution in [0.4, 0.5) is 10.8 Å². The number of carbonyl (C=O) groups excluding carboxylic acids is 1. The summed E-state index contributed by atoms with van der Waals surface area (Å²) in [6.07, 6.45) is 1.42. The molecule has 2 aromatic rings. The number of aliphatic hydroxyl groups excluding tert-OH is 1. The van der Waals surface area contributed by atoms with Crippen LogP contribution in [0.5, 0.6) is 0 Å². The maximum absolute atomic E-state index is 12.2. The second kappa shape index (κ2) is 6.46. The molecule has 5 nitrogen and oxygen atoms in total. The first kappa shape index (κ1) is 15.0. The standard InChI is InChI=1S/C16H19N3O2S/c1-11-10-22-16(17-11)18-15(21)12-2-4-13(5-3-12)19-8-6-14(20)7-9-19/h2-5,10,14,20H,6-9H2,1H3,(H,17,18,21). The molecule has 0 atom stereocenters.